The predicted octanol–water partition coefficient (Wildman–Crippen LogP) is 2.18. The zero-order valence-electron chi connectivity index (χ0n) is 13.2. The highest BCUT2D eigenvalue weighted by atomic mass is 15.2. The molecule has 3 heteroatoms. The SMILES string of the molecule is CCNC1CCCCC1CN1CCCN(C)CC1C. The molecule has 2 fully saturated rings. The molecular formula is C16H33N3. The molecule has 3 atom stereocenters. The average molecular weight is 267 g/mol. The third kappa shape index (κ3) is 4.44. The van der Waals surface area contributed by atoms with E-state index in [0.29, 0.717) is 0 Å². The van der Waals surface area contributed by atoms with Crippen molar-refractivity contribution >= 4 is 0 Å². The fourth-order valence-corrected chi connectivity index (χ4v) is 3.95. The number of likely N-dealkylation sites (N-methyl/N-ethyl adjacent to an activating group) is 1. The molecule has 3 nitrogen and oxygen atoms in total. The van der Waals surface area contributed by atoms with Crippen LogP contribution in [0.1, 0.15) is 46.0 Å². The topological polar surface area (TPSA) is 18.5 Å². The van der Waals surface area contributed by atoms with Gasteiger partial charge in [-0.2, -0.15) is 0 Å². The van der Waals surface area contributed by atoms with Gasteiger partial charge in [-0.3, -0.25) is 4.90 Å². The van der Waals surface area contributed by atoms with Crippen LogP contribution in [0.15, 0.2) is 0 Å². The molecule has 19 heavy (non-hydrogen) atoms. The maximum atomic E-state index is 3.73. The summed E-state index contributed by atoms with van der Waals surface area (Å²) in [6.07, 6.45) is 7.01. The molecule has 112 valence electrons. The smallest absolute Gasteiger partial charge is 0.0194 e. The Labute approximate surface area is 119 Å². The van der Waals surface area contributed by atoms with Gasteiger partial charge in [-0.1, -0.05) is 19.8 Å². The van der Waals surface area contributed by atoms with Crippen LogP contribution in [-0.4, -0.2) is 61.7 Å². The Balaban J connectivity index is 1.89. The number of nitrogens with zero attached hydrogens (tertiary/aromatic N) is 2. The maximum absolute atomic E-state index is 3.73. The van der Waals surface area contributed by atoms with Crippen LogP contribution in [0.4, 0.5) is 0 Å². The van der Waals surface area contributed by atoms with E-state index in [-0.39, 0.29) is 0 Å². The van der Waals surface area contributed by atoms with Crippen LogP contribution >= 0.6 is 0 Å². The minimum absolute atomic E-state index is 0.719. The summed E-state index contributed by atoms with van der Waals surface area (Å²) in [5, 5.41) is 3.73. The van der Waals surface area contributed by atoms with Crippen molar-refractivity contribution in [1.82, 2.24) is 15.1 Å². The Hall–Kier alpha value is -0.120. The Morgan fingerprint density at radius 3 is 2.68 bits per heavy atom. The zero-order chi connectivity index (χ0) is 13.7. The predicted molar refractivity (Wildman–Crippen MR) is 82.6 cm³/mol. The molecule has 0 amide bonds. The Kier molecular flexibility index (Phi) is 6.11. The van der Waals surface area contributed by atoms with Gasteiger partial charge >= 0.3 is 0 Å². The first-order valence-electron chi connectivity index (χ1n) is 8.36. The number of nitrogens with one attached hydrogen (secondary N) is 1. The molecular weight excluding hydrogens is 234 g/mol. The van der Waals surface area contributed by atoms with Gasteiger partial charge in [-0.25, -0.2) is 0 Å². The molecule has 1 saturated heterocycles. The van der Waals surface area contributed by atoms with E-state index in [1.165, 1.54) is 58.3 Å². The molecule has 0 aromatic carbocycles. The van der Waals surface area contributed by atoms with Crippen molar-refractivity contribution in [3.05, 3.63) is 0 Å². The largest absolute Gasteiger partial charge is 0.314 e. The molecule has 0 radical (unpaired) electrons. The highest BCUT2D eigenvalue weighted by Gasteiger charge is 2.28. The molecule has 0 spiro atoms. The van der Waals surface area contributed by atoms with Gasteiger partial charge in [0.2, 0.25) is 0 Å². The van der Waals surface area contributed by atoms with Gasteiger partial charge in [-0.05, 0) is 58.8 Å². The lowest BCUT2D eigenvalue weighted by molar-refractivity contribution is 0.135. The van der Waals surface area contributed by atoms with Crippen LogP contribution in [0.5, 0.6) is 0 Å². The summed E-state index contributed by atoms with van der Waals surface area (Å²) in [4.78, 5) is 5.25. The van der Waals surface area contributed by atoms with Gasteiger partial charge in [0.05, 0.1) is 0 Å². The van der Waals surface area contributed by atoms with Gasteiger partial charge in [0.1, 0.15) is 0 Å². The monoisotopic (exact) mass is 267 g/mol. The van der Waals surface area contributed by atoms with Crippen molar-refractivity contribution in [2.45, 2.75) is 58.0 Å². The number of hydrogen-bond donors (Lipinski definition) is 1. The van der Waals surface area contributed by atoms with E-state index in [1.54, 1.807) is 0 Å². The van der Waals surface area contributed by atoms with Crippen molar-refractivity contribution in [2.75, 3.05) is 39.8 Å². The summed E-state index contributed by atoms with van der Waals surface area (Å²) >= 11 is 0. The van der Waals surface area contributed by atoms with Crippen LogP contribution in [0.2, 0.25) is 0 Å². The summed E-state index contributed by atoms with van der Waals surface area (Å²) in [6, 6.07) is 1.49. The van der Waals surface area contributed by atoms with E-state index >= 15 is 0 Å². The highest BCUT2D eigenvalue weighted by Crippen LogP contribution is 2.26. The molecule has 0 aromatic heterocycles. The lowest BCUT2D eigenvalue weighted by Gasteiger charge is -2.38. The summed E-state index contributed by atoms with van der Waals surface area (Å²) in [6.45, 7) is 10.9. The van der Waals surface area contributed by atoms with Crippen molar-refractivity contribution < 1.29 is 0 Å². The summed E-state index contributed by atoms with van der Waals surface area (Å²) in [7, 11) is 2.27. The summed E-state index contributed by atoms with van der Waals surface area (Å²) < 4.78 is 0. The molecule has 1 saturated carbocycles. The van der Waals surface area contributed by atoms with Crippen molar-refractivity contribution in [3.8, 4) is 0 Å². The first-order valence-corrected chi connectivity index (χ1v) is 8.36. The molecule has 3 unspecified atom stereocenters. The Morgan fingerprint density at radius 1 is 1.11 bits per heavy atom. The standard InChI is InChI=1S/C16H33N3/c1-4-17-16-9-6-5-8-15(16)13-19-11-7-10-18(3)12-14(19)2/h14-17H,4-13H2,1-3H3. The minimum atomic E-state index is 0.719. The van der Waals surface area contributed by atoms with E-state index in [1.807, 2.05) is 0 Å². The quantitative estimate of drug-likeness (QED) is 0.842. The van der Waals surface area contributed by atoms with Crippen LogP contribution in [0.3, 0.4) is 0 Å². The minimum Gasteiger partial charge on any atom is -0.314 e. The second kappa shape index (κ2) is 7.61. The van der Waals surface area contributed by atoms with Crippen LogP contribution in [0.25, 0.3) is 0 Å². The average Bonchev–Trinajstić information content (AvgIpc) is 2.54. The van der Waals surface area contributed by atoms with E-state index < -0.39 is 0 Å². The van der Waals surface area contributed by atoms with Gasteiger partial charge in [0.25, 0.3) is 0 Å². The summed E-state index contributed by atoms with van der Waals surface area (Å²) in [5.74, 6) is 0.875. The highest BCUT2D eigenvalue weighted by molar-refractivity contribution is 4.85. The first-order chi connectivity index (χ1) is 9.20. The molecule has 2 rings (SSSR count). The first kappa shape index (κ1) is 15.3. The van der Waals surface area contributed by atoms with Gasteiger partial charge in [0, 0.05) is 25.2 Å². The van der Waals surface area contributed by atoms with Crippen molar-refractivity contribution in [1.29, 1.82) is 0 Å². The van der Waals surface area contributed by atoms with Gasteiger partial charge < -0.3 is 10.2 Å². The molecule has 0 bridgehead atoms. The molecule has 2 aliphatic rings. The van der Waals surface area contributed by atoms with Crippen molar-refractivity contribution in [3.63, 3.8) is 0 Å². The van der Waals surface area contributed by atoms with E-state index in [2.05, 4.69) is 36.0 Å². The van der Waals surface area contributed by atoms with Crippen LogP contribution < -0.4 is 5.32 Å². The van der Waals surface area contributed by atoms with E-state index in [0.717, 1.165) is 24.5 Å². The molecule has 1 heterocycles. The van der Waals surface area contributed by atoms with Crippen LogP contribution in [-0.2, 0) is 0 Å². The zero-order valence-corrected chi connectivity index (χ0v) is 13.2. The third-order valence-electron chi connectivity index (χ3n) is 5.03. The van der Waals surface area contributed by atoms with Gasteiger partial charge in [-0.15, -0.1) is 0 Å². The lowest BCUT2D eigenvalue weighted by atomic mass is 9.84. The molecule has 1 aliphatic carbocycles. The molecule has 1 aliphatic heterocycles. The number of hydrogen-bond acceptors (Lipinski definition) is 3. The fourth-order valence-electron chi connectivity index (χ4n) is 3.95. The Bertz CT molecular complexity index is 254. The maximum Gasteiger partial charge on any atom is 0.0194 e. The molecule has 1 N–H and O–H groups in total. The van der Waals surface area contributed by atoms with Crippen LogP contribution in [0, 0.1) is 5.92 Å². The normalized spacial score (nSPS) is 35.2. The summed E-state index contributed by atoms with van der Waals surface area (Å²) in [5.41, 5.74) is 0. The van der Waals surface area contributed by atoms with Crippen molar-refractivity contribution in [2.24, 2.45) is 5.92 Å². The van der Waals surface area contributed by atoms with E-state index in [4.69, 9.17) is 0 Å². The third-order valence-corrected chi connectivity index (χ3v) is 5.03. The van der Waals surface area contributed by atoms with E-state index in [9.17, 15) is 0 Å². The molecule has 0 aromatic rings. The Morgan fingerprint density at radius 2 is 1.89 bits per heavy atom. The second-order valence-corrected chi connectivity index (χ2v) is 6.67. The second-order valence-electron chi connectivity index (χ2n) is 6.67. The number of rotatable bonds is 4. The lowest BCUT2D eigenvalue weighted by Crippen LogP contribution is -2.47. The van der Waals surface area contributed by atoms with Gasteiger partial charge in [0.15, 0.2) is 0 Å². The fraction of sp³-hybridized carbons (Fsp3) is 1.00.